The van der Waals surface area contributed by atoms with Crippen LogP contribution in [0.4, 0.5) is 0 Å². The van der Waals surface area contributed by atoms with Crippen LogP contribution in [0.3, 0.4) is 0 Å². The smallest absolute Gasteiger partial charge is 0.130 e. The molecule has 6 nitrogen and oxygen atoms in total. The summed E-state index contributed by atoms with van der Waals surface area (Å²) >= 11 is 0. The standard InChI is InChI=1S/C24H26N4O2/c1-27-15-13-25-21(27)17-23(29,19-9-5-3-6-10-19)24(30,20-11-7-4-8-12-20)18-22-26-14-16-28(22)2/h3-16,29-30H,17-18H2,1-2H3. The van der Waals surface area contributed by atoms with E-state index in [0.29, 0.717) is 22.8 Å². The van der Waals surface area contributed by atoms with Crippen LogP contribution in [-0.4, -0.2) is 29.3 Å². The fourth-order valence-corrected chi connectivity index (χ4v) is 3.99. The lowest BCUT2D eigenvalue weighted by atomic mass is 9.69. The second-order valence-corrected chi connectivity index (χ2v) is 7.71. The zero-order valence-electron chi connectivity index (χ0n) is 17.2. The van der Waals surface area contributed by atoms with Crippen LogP contribution < -0.4 is 0 Å². The van der Waals surface area contributed by atoms with Gasteiger partial charge in [-0.05, 0) is 11.1 Å². The van der Waals surface area contributed by atoms with E-state index in [1.54, 1.807) is 12.4 Å². The Bertz CT molecular complexity index is 1020. The minimum atomic E-state index is -1.65. The van der Waals surface area contributed by atoms with Gasteiger partial charge < -0.3 is 19.3 Å². The van der Waals surface area contributed by atoms with Gasteiger partial charge in [-0.25, -0.2) is 9.97 Å². The quantitative estimate of drug-likeness (QED) is 0.498. The number of aliphatic hydroxyl groups is 2. The van der Waals surface area contributed by atoms with Crippen molar-refractivity contribution in [1.29, 1.82) is 0 Å². The molecule has 154 valence electrons. The summed E-state index contributed by atoms with van der Waals surface area (Å²) in [6.45, 7) is 0. The minimum Gasteiger partial charge on any atom is -0.381 e. The van der Waals surface area contributed by atoms with Crippen LogP contribution in [0, 0.1) is 0 Å². The van der Waals surface area contributed by atoms with Crippen molar-refractivity contribution in [1.82, 2.24) is 19.1 Å². The fraction of sp³-hybridized carbons (Fsp3) is 0.250. The third-order valence-corrected chi connectivity index (χ3v) is 5.86. The predicted octanol–water partition coefficient (Wildman–Crippen LogP) is 2.71. The molecule has 2 atom stereocenters. The van der Waals surface area contributed by atoms with Crippen LogP contribution in [0.2, 0.25) is 0 Å². The maximum atomic E-state index is 12.3. The highest BCUT2D eigenvalue weighted by atomic mass is 16.4. The van der Waals surface area contributed by atoms with E-state index in [1.165, 1.54) is 0 Å². The zero-order chi connectivity index (χ0) is 21.2. The van der Waals surface area contributed by atoms with Gasteiger partial charge in [0.1, 0.15) is 22.9 Å². The van der Waals surface area contributed by atoms with Gasteiger partial charge in [0.15, 0.2) is 0 Å². The van der Waals surface area contributed by atoms with E-state index in [4.69, 9.17) is 0 Å². The van der Waals surface area contributed by atoms with Crippen molar-refractivity contribution in [3.8, 4) is 0 Å². The number of nitrogens with zero attached hydrogens (tertiary/aromatic N) is 4. The normalized spacial score (nSPS) is 15.5. The Morgan fingerprint density at radius 1 is 0.667 bits per heavy atom. The van der Waals surface area contributed by atoms with Crippen molar-refractivity contribution in [3.05, 3.63) is 108 Å². The van der Waals surface area contributed by atoms with Crippen LogP contribution in [0.1, 0.15) is 22.8 Å². The first-order valence-electron chi connectivity index (χ1n) is 9.92. The van der Waals surface area contributed by atoms with E-state index in [2.05, 4.69) is 9.97 Å². The van der Waals surface area contributed by atoms with Crippen molar-refractivity contribution in [2.75, 3.05) is 0 Å². The lowest BCUT2D eigenvalue weighted by Crippen LogP contribution is -2.53. The first kappa shape index (κ1) is 20.1. The van der Waals surface area contributed by atoms with E-state index in [0.717, 1.165) is 0 Å². The number of aromatic nitrogens is 4. The summed E-state index contributed by atoms with van der Waals surface area (Å²) in [5.41, 5.74) is -2.07. The summed E-state index contributed by atoms with van der Waals surface area (Å²) in [4.78, 5) is 8.84. The van der Waals surface area contributed by atoms with Crippen molar-refractivity contribution in [3.63, 3.8) is 0 Å². The van der Waals surface area contributed by atoms with Crippen molar-refractivity contribution >= 4 is 0 Å². The number of hydrogen-bond donors (Lipinski definition) is 2. The average Bonchev–Trinajstić information content (AvgIpc) is 3.36. The highest BCUT2D eigenvalue weighted by Crippen LogP contribution is 2.45. The van der Waals surface area contributed by atoms with Crippen LogP contribution in [0.25, 0.3) is 0 Å². The lowest BCUT2D eigenvalue weighted by Gasteiger charge is -2.44. The number of aryl methyl sites for hydroxylation is 2. The van der Waals surface area contributed by atoms with Gasteiger partial charge >= 0.3 is 0 Å². The Balaban J connectivity index is 1.93. The Morgan fingerprint density at radius 3 is 1.33 bits per heavy atom. The van der Waals surface area contributed by atoms with Crippen LogP contribution in [-0.2, 0) is 38.1 Å². The Morgan fingerprint density at radius 2 is 1.03 bits per heavy atom. The van der Waals surface area contributed by atoms with Gasteiger partial charge in [-0.3, -0.25) is 0 Å². The molecule has 4 rings (SSSR count). The first-order chi connectivity index (χ1) is 14.4. The summed E-state index contributed by atoms with van der Waals surface area (Å²) in [6.07, 6.45) is 7.33. The number of rotatable bonds is 7. The maximum absolute atomic E-state index is 12.3. The van der Waals surface area contributed by atoms with E-state index < -0.39 is 11.2 Å². The average molecular weight is 402 g/mol. The second kappa shape index (κ2) is 7.89. The zero-order valence-corrected chi connectivity index (χ0v) is 17.2. The van der Waals surface area contributed by atoms with Crippen LogP contribution in [0.15, 0.2) is 85.5 Å². The van der Waals surface area contributed by atoms with Gasteiger partial charge in [0.25, 0.3) is 0 Å². The van der Waals surface area contributed by atoms with Crippen molar-refractivity contribution in [2.45, 2.75) is 24.0 Å². The summed E-state index contributed by atoms with van der Waals surface area (Å²) in [5.74, 6) is 1.35. The largest absolute Gasteiger partial charge is 0.381 e. The van der Waals surface area contributed by atoms with Crippen molar-refractivity contribution in [2.24, 2.45) is 14.1 Å². The van der Waals surface area contributed by atoms with E-state index >= 15 is 0 Å². The molecule has 2 aromatic heterocycles. The monoisotopic (exact) mass is 402 g/mol. The predicted molar refractivity (Wildman–Crippen MR) is 115 cm³/mol. The number of hydrogen-bond acceptors (Lipinski definition) is 4. The highest BCUT2D eigenvalue weighted by molar-refractivity contribution is 5.36. The number of imidazole rings is 2. The Labute approximate surface area is 176 Å². The third-order valence-electron chi connectivity index (χ3n) is 5.86. The maximum Gasteiger partial charge on any atom is 0.130 e. The molecular formula is C24H26N4O2. The molecule has 0 aliphatic carbocycles. The molecule has 4 aromatic rings. The molecule has 30 heavy (non-hydrogen) atoms. The number of benzene rings is 2. The molecule has 0 aliphatic rings. The van der Waals surface area contributed by atoms with E-state index in [9.17, 15) is 10.2 Å². The Hall–Kier alpha value is -3.22. The molecule has 2 heterocycles. The first-order valence-corrected chi connectivity index (χ1v) is 9.92. The van der Waals surface area contributed by atoms with Gasteiger partial charge in [-0.1, -0.05) is 60.7 Å². The van der Waals surface area contributed by atoms with Gasteiger partial charge in [0.2, 0.25) is 0 Å². The topological polar surface area (TPSA) is 76.1 Å². The third kappa shape index (κ3) is 3.44. The molecule has 2 aromatic carbocycles. The summed E-state index contributed by atoms with van der Waals surface area (Å²) in [5, 5.41) is 24.6. The van der Waals surface area contributed by atoms with Gasteiger partial charge in [0.05, 0.1) is 0 Å². The molecule has 0 fully saturated rings. The molecule has 0 spiro atoms. The molecule has 0 bridgehead atoms. The fourth-order valence-electron chi connectivity index (χ4n) is 3.99. The van der Waals surface area contributed by atoms with Gasteiger partial charge in [-0.2, -0.15) is 0 Å². The molecule has 2 unspecified atom stereocenters. The van der Waals surface area contributed by atoms with Gasteiger partial charge in [-0.15, -0.1) is 0 Å². The summed E-state index contributed by atoms with van der Waals surface area (Å²) in [6, 6.07) is 18.6. The SMILES string of the molecule is Cn1ccnc1CC(O)(c1ccccc1)C(O)(Cc1nccn1C)c1ccccc1. The molecule has 0 aliphatic heterocycles. The van der Waals surface area contributed by atoms with Gasteiger partial charge in [0, 0.05) is 51.7 Å². The highest BCUT2D eigenvalue weighted by Gasteiger charge is 2.53. The Kier molecular flexibility index (Phi) is 5.28. The lowest BCUT2D eigenvalue weighted by molar-refractivity contribution is -0.167. The molecule has 0 saturated carbocycles. The van der Waals surface area contributed by atoms with E-state index in [-0.39, 0.29) is 12.8 Å². The summed E-state index contributed by atoms with van der Waals surface area (Å²) < 4.78 is 3.72. The molecule has 0 amide bonds. The molecular weight excluding hydrogens is 376 g/mol. The molecule has 0 saturated heterocycles. The molecule has 0 radical (unpaired) electrons. The van der Waals surface area contributed by atoms with E-state index in [1.807, 2.05) is 96.3 Å². The van der Waals surface area contributed by atoms with Crippen LogP contribution >= 0.6 is 0 Å². The second-order valence-electron chi connectivity index (χ2n) is 7.71. The van der Waals surface area contributed by atoms with Crippen LogP contribution in [0.5, 0.6) is 0 Å². The summed E-state index contributed by atoms with van der Waals surface area (Å²) in [7, 11) is 3.77. The molecule has 2 N–H and O–H groups in total. The molecule has 6 heteroatoms. The minimum absolute atomic E-state index is 0.135. The van der Waals surface area contributed by atoms with Crippen molar-refractivity contribution < 1.29 is 10.2 Å².